The number of nitro groups is 1. The molecule has 1 heterocycles. The van der Waals surface area contributed by atoms with E-state index >= 15 is 0 Å². The van der Waals surface area contributed by atoms with Crippen LogP contribution in [0.3, 0.4) is 0 Å². The number of benzene rings is 1. The van der Waals surface area contributed by atoms with Gasteiger partial charge in [-0.2, -0.15) is 0 Å². The number of aryl methyl sites for hydroxylation is 2. The number of hydrogen-bond donors (Lipinski definition) is 1. The molecule has 21 heavy (non-hydrogen) atoms. The van der Waals surface area contributed by atoms with Gasteiger partial charge >= 0.3 is 5.69 Å². The lowest BCUT2D eigenvalue weighted by molar-refractivity contribution is -0.386. The van der Waals surface area contributed by atoms with E-state index in [0.717, 1.165) is 5.69 Å². The Morgan fingerprint density at radius 1 is 1.33 bits per heavy atom. The largest absolute Gasteiger partial charge is 0.478 e. The van der Waals surface area contributed by atoms with Gasteiger partial charge in [-0.15, -0.1) is 0 Å². The molecule has 1 N–H and O–H groups in total. The Hall–Kier alpha value is -2.70. The number of nitro benzene ring substituents is 1. The van der Waals surface area contributed by atoms with Gasteiger partial charge in [-0.05, 0) is 19.4 Å². The molecule has 1 aromatic heterocycles. The summed E-state index contributed by atoms with van der Waals surface area (Å²) in [5.41, 5.74) is 1.44. The smallest absolute Gasteiger partial charge is 0.311 e. The highest BCUT2D eigenvalue weighted by atomic mass is 16.6. The first kappa shape index (κ1) is 14.7. The Morgan fingerprint density at radius 2 is 2.10 bits per heavy atom. The summed E-state index contributed by atoms with van der Waals surface area (Å²) < 4.78 is 5.58. The predicted molar refractivity (Wildman–Crippen MR) is 78.5 cm³/mol. The zero-order chi connectivity index (χ0) is 15.4. The van der Waals surface area contributed by atoms with Gasteiger partial charge in [0.2, 0.25) is 5.75 Å². The number of anilines is 1. The Labute approximate surface area is 122 Å². The molecule has 0 fully saturated rings. The topological polar surface area (TPSA) is 90.2 Å². The van der Waals surface area contributed by atoms with Crippen molar-refractivity contribution in [3.05, 3.63) is 51.5 Å². The van der Waals surface area contributed by atoms with E-state index in [-0.39, 0.29) is 18.0 Å². The lowest BCUT2D eigenvalue weighted by Crippen LogP contribution is -2.07. The van der Waals surface area contributed by atoms with Gasteiger partial charge in [0.05, 0.1) is 4.92 Å². The average Bonchev–Trinajstić information content (AvgIpc) is 2.45. The fourth-order valence-electron chi connectivity index (χ4n) is 1.93. The number of aromatic nitrogens is 2. The molecule has 2 aromatic rings. The van der Waals surface area contributed by atoms with E-state index in [1.807, 2.05) is 6.92 Å². The molecule has 110 valence electrons. The van der Waals surface area contributed by atoms with E-state index in [1.165, 1.54) is 6.07 Å². The van der Waals surface area contributed by atoms with Gasteiger partial charge in [0.15, 0.2) is 5.82 Å². The molecule has 0 atom stereocenters. The van der Waals surface area contributed by atoms with Crippen LogP contribution in [0.25, 0.3) is 0 Å². The molecule has 0 aliphatic carbocycles. The quantitative estimate of drug-likeness (QED) is 0.672. The third-order valence-electron chi connectivity index (χ3n) is 2.89. The normalized spacial score (nSPS) is 10.2. The summed E-state index contributed by atoms with van der Waals surface area (Å²) in [5.74, 6) is 1.40. The third kappa shape index (κ3) is 3.44. The molecule has 2 rings (SSSR count). The fourth-order valence-corrected chi connectivity index (χ4v) is 1.93. The van der Waals surface area contributed by atoms with E-state index in [1.54, 1.807) is 32.2 Å². The molecule has 0 amide bonds. The number of rotatable bonds is 5. The summed E-state index contributed by atoms with van der Waals surface area (Å²) >= 11 is 0. The highest BCUT2D eigenvalue weighted by Crippen LogP contribution is 2.30. The van der Waals surface area contributed by atoms with E-state index in [0.29, 0.717) is 17.2 Å². The minimum absolute atomic E-state index is 0.0588. The van der Waals surface area contributed by atoms with Gasteiger partial charge < -0.3 is 10.1 Å². The fraction of sp³-hybridized carbons (Fsp3) is 0.286. The Bertz CT molecular complexity index is 673. The highest BCUT2D eigenvalue weighted by Gasteiger charge is 2.17. The minimum atomic E-state index is -0.460. The van der Waals surface area contributed by atoms with Crippen LogP contribution in [0.5, 0.6) is 5.75 Å². The summed E-state index contributed by atoms with van der Waals surface area (Å²) in [4.78, 5) is 19.1. The van der Waals surface area contributed by atoms with Gasteiger partial charge in [-0.3, -0.25) is 10.1 Å². The second-order valence-corrected chi connectivity index (χ2v) is 4.53. The van der Waals surface area contributed by atoms with Crippen LogP contribution in [0.2, 0.25) is 0 Å². The standard InChI is InChI=1S/C14H16N4O3/c1-9-5-4-6-11(18(19)20)14(9)21-8-13-16-10(2)7-12(15-3)17-13/h4-7H,8H2,1-3H3,(H,15,16,17). The zero-order valence-corrected chi connectivity index (χ0v) is 12.1. The third-order valence-corrected chi connectivity index (χ3v) is 2.89. The van der Waals surface area contributed by atoms with E-state index < -0.39 is 4.92 Å². The highest BCUT2D eigenvalue weighted by molar-refractivity contribution is 5.51. The molecule has 1 aromatic carbocycles. The van der Waals surface area contributed by atoms with Gasteiger partial charge in [0.25, 0.3) is 0 Å². The lowest BCUT2D eigenvalue weighted by Gasteiger charge is -2.10. The molecule has 0 bridgehead atoms. The maximum atomic E-state index is 11.0. The number of hydrogen-bond acceptors (Lipinski definition) is 6. The van der Waals surface area contributed by atoms with Crippen LogP contribution in [-0.2, 0) is 6.61 Å². The molecular weight excluding hydrogens is 272 g/mol. The summed E-state index contributed by atoms with van der Waals surface area (Å²) in [6.45, 7) is 3.68. The molecular formula is C14H16N4O3. The zero-order valence-electron chi connectivity index (χ0n) is 12.1. The number of para-hydroxylation sites is 1. The van der Waals surface area contributed by atoms with Crippen LogP contribution in [0.4, 0.5) is 11.5 Å². The van der Waals surface area contributed by atoms with Crippen LogP contribution in [-0.4, -0.2) is 21.9 Å². The van der Waals surface area contributed by atoms with Crippen molar-refractivity contribution in [2.45, 2.75) is 20.5 Å². The minimum Gasteiger partial charge on any atom is -0.478 e. The molecule has 0 saturated heterocycles. The maximum absolute atomic E-state index is 11.0. The number of ether oxygens (including phenoxy) is 1. The first-order valence-electron chi connectivity index (χ1n) is 6.40. The first-order chi connectivity index (χ1) is 10.0. The second kappa shape index (κ2) is 6.17. The van der Waals surface area contributed by atoms with Gasteiger partial charge in [0, 0.05) is 24.9 Å². The second-order valence-electron chi connectivity index (χ2n) is 4.53. The lowest BCUT2D eigenvalue weighted by atomic mass is 10.2. The van der Waals surface area contributed by atoms with Crippen molar-refractivity contribution in [3.63, 3.8) is 0 Å². The number of nitrogens with zero attached hydrogens (tertiary/aromatic N) is 3. The van der Waals surface area contributed by atoms with Crippen LogP contribution in [0.15, 0.2) is 24.3 Å². The van der Waals surface area contributed by atoms with Crippen LogP contribution >= 0.6 is 0 Å². The van der Waals surface area contributed by atoms with Crippen molar-refractivity contribution in [1.82, 2.24) is 9.97 Å². The molecule has 0 aliphatic rings. The molecule has 0 spiro atoms. The van der Waals surface area contributed by atoms with Crippen LogP contribution in [0, 0.1) is 24.0 Å². The molecule has 7 heteroatoms. The summed E-state index contributed by atoms with van der Waals surface area (Å²) in [5, 5.41) is 14.0. The van der Waals surface area contributed by atoms with E-state index in [4.69, 9.17) is 4.74 Å². The van der Waals surface area contributed by atoms with E-state index in [2.05, 4.69) is 15.3 Å². The first-order valence-corrected chi connectivity index (χ1v) is 6.40. The van der Waals surface area contributed by atoms with Crippen molar-refractivity contribution < 1.29 is 9.66 Å². The Balaban J connectivity index is 2.24. The Morgan fingerprint density at radius 3 is 2.76 bits per heavy atom. The molecule has 7 nitrogen and oxygen atoms in total. The van der Waals surface area contributed by atoms with Crippen molar-refractivity contribution in [2.24, 2.45) is 0 Å². The van der Waals surface area contributed by atoms with Crippen molar-refractivity contribution in [1.29, 1.82) is 0 Å². The average molecular weight is 288 g/mol. The summed E-state index contributed by atoms with van der Waals surface area (Å²) in [6, 6.07) is 6.61. The summed E-state index contributed by atoms with van der Waals surface area (Å²) in [6.07, 6.45) is 0. The van der Waals surface area contributed by atoms with E-state index in [9.17, 15) is 10.1 Å². The Kier molecular flexibility index (Phi) is 4.32. The maximum Gasteiger partial charge on any atom is 0.311 e. The van der Waals surface area contributed by atoms with Crippen molar-refractivity contribution in [3.8, 4) is 5.75 Å². The van der Waals surface area contributed by atoms with Gasteiger partial charge in [0.1, 0.15) is 12.4 Å². The van der Waals surface area contributed by atoms with Gasteiger partial charge in [-0.1, -0.05) is 12.1 Å². The molecule has 0 radical (unpaired) electrons. The van der Waals surface area contributed by atoms with Crippen molar-refractivity contribution >= 4 is 11.5 Å². The predicted octanol–water partition coefficient (Wildman–Crippen LogP) is 2.62. The molecule has 0 unspecified atom stereocenters. The SMILES string of the molecule is CNc1cc(C)nc(COc2c(C)cccc2[N+](=O)[O-])n1. The van der Waals surface area contributed by atoms with Crippen LogP contribution < -0.4 is 10.1 Å². The van der Waals surface area contributed by atoms with Crippen LogP contribution in [0.1, 0.15) is 17.1 Å². The molecule has 0 aliphatic heterocycles. The van der Waals surface area contributed by atoms with Gasteiger partial charge in [-0.25, -0.2) is 9.97 Å². The van der Waals surface area contributed by atoms with Crippen molar-refractivity contribution in [2.75, 3.05) is 12.4 Å². The monoisotopic (exact) mass is 288 g/mol. The summed E-state index contributed by atoms with van der Waals surface area (Å²) in [7, 11) is 1.76. The molecule has 0 saturated carbocycles. The number of nitrogens with one attached hydrogen (secondary N) is 1.